The van der Waals surface area contributed by atoms with Gasteiger partial charge in [-0.3, -0.25) is 0 Å². The molecule has 4 nitrogen and oxygen atoms in total. The molecular weight excluding hydrogens is 240 g/mol. The van der Waals surface area contributed by atoms with Crippen LogP contribution in [0.3, 0.4) is 0 Å². The first kappa shape index (κ1) is 13.6. The smallest absolute Gasteiger partial charge is 0.226 e. The highest BCUT2D eigenvalue weighted by Crippen LogP contribution is 2.22. The van der Waals surface area contributed by atoms with Crippen molar-refractivity contribution in [1.29, 1.82) is 0 Å². The van der Waals surface area contributed by atoms with Gasteiger partial charge in [0.2, 0.25) is 5.89 Å². The van der Waals surface area contributed by atoms with Gasteiger partial charge in [-0.1, -0.05) is 13.8 Å². The Bertz CT molecular complexity index is 503. The lowest BCUT2D eigenvalue weighted by Gasteiger charge is -2.08. The van der Waals surface area contributed by atoms with Crippen molar-refractivity contribution >= 4 is 0 Å². The predicted molar refractivity (Wildman–Crippen MR) is 75.0 cm³/mol. The van der Waals surface area contributed by atoms with Gasteiger partial charge in [0.15, 0.2) is 0 Å². The number of nitrogens with two attached hydrogens (primary N) is 1. The van der Waals surface area contributed by atoms with Crippen molar-refractivity contribution in [3.05, 3.63) is 36.2 Å². The van der Waals surface area contributed by atoms with Gasteiger partial charge in [0.05, 0.1) is 12.3 Å². The van der Waals surface area contributed by atoms with Crippen LogP contribution in [-0.4, -0.2) is 18.1 Å². The Hall–Kier alpha value is -1.81. The SMILES string of the molecule is CC(C)COc1ccc(-c2nc(CCN)co2)cc1. The molecule has 1 aromatic heterocycles. The largest absolute Gasteiger partial charge is 0.493 e. The Morgan fingerprint density at radius 2 is 2.00 bits per heavy atom. The van der Waals surface area contributed by atoms with Crippen LogP contribution in [0.1, 0.15) is 19.5 Å². The van der Waals surface area contributed by atoms with Crippen molar-refractivity contribution in [1.82, 2.24) is 4.98 Å². The van der Waals surface area contributed by atoms with Gasteiger partial charge < -0.3 is 14.9 Å². The molecule has 2 rings (SSSR count). The van der Waals surface area contributed by atoms with Crippen molar-refractivity contribution in [2.24, 2.45) is 11.7 Å². The summed E-state index contributed by atoms with van der Waals surface area (Å²) >= 11 is 0. The van der Waals surface area contributed by atoms with E-state index in [2.05, 4.69) is 18.8 Å². The van der Waals surface area contributed by atoms with Gasteiger partial charge in [0, 0.05) is 12.0 Å². The summed E-state index contributed by atoms with van der Waals surface area (Å²) in [6.45, 7) is 5.55. The molecule has 0 bridgehead atoms. The minimum Gasteiger partial charge on any atom is -0.493 e. The van der Waals surface area contributed by atoms with Crippen molar-refractivity contribution in [3.8, 4) is 17.2 Å². The summed E-state index contributed by atoms with van der Waals surface area (Å²) in [4.78, 5) is 4.39. The predicted octanol–water partition coefficient (Wildman–Crippen LogP) is 2.88. The fourth-order valence-corrected chi connectivity index (χ4v) is 1.66. The molecule has 0 saturated carbocycles. The van der Waals surface area contributed by atoms with Gasteiger partial charge in [-0.15, -0.1) is 0 Å². The second-order valence-corrected chi connectivity index (χ2v) is 4.91. The molecule has 0 amide bonds. The maximum atomic E-state index is 5.63. The van der Waals surface area contributed by atoms with E-state index in [4.69, 9.17) is 14.9 Å². The summed E-state index contributed by atoms with van der Waals surface area (Å²) in [7, 11) is 0. The van der Waals surface area contributed by atoms with E-state index in [9.17, 15) is 0 Å². The van der Waals surface area contributed by atoms with E-state index < -0.39 is 0 Å². The van der Waals surface area contributed by atoms with E-state index in [1.807, 2.05) is 24.3 Å². The van der Waals surface area contributed by atoms with Crippen LogP contribution in [0.5, 0.6) is 5.75 Å². The average Bonchev–Trinajstić information content (AvgIpc) is 2.86. The molecule has 0 aliphatic rings. The number of hydrogen-bond acceptors (Lipinski definition) is 4. The Balaban J connectivity index is 2.04. The summed E-state index contributed by atoms with van der Waals surface area (Å²) in [5, 5.41) is 0. The number of nitrogens with zero attached hydrogens (tertiary/aromatic N) is 1. The molecular formula is C15H20N2O2. The van der Waals surface area contributed by atoms with Crippen LogP contribution in [0, 0.1) is 5.92 Å². The van der Waals surface area contributed by atoms with Gasteiger partial charge in [-0.2, -0.15) is 0 Å². The Morgan fingerprint density at radius 3 is 2.63 bits per heavy atom. The van der Waals surface area contributed by atoms with Gasteiger partial charge in [0.1, 0.15) is 12.0 Å². The molecule has 0 unspecified atom stereocenters. The molecule has 1 heterocycles. The molecule has 0 atom stereocenters. The van der Waals surface area contributed by atoms with Crippen LogP contribution in [0.25, 0.3) is 11.5 Å². The standard InChI is InChI=1S/C15H20N2O2/c1-11(2)9-18-14-5-3-12(4-6-14)15-17-13(7-8-16)10-19-15/h3-6,10-11H,7-9,16H2,1-2H3. The maximum Gasteiger partial charge on any atom is 0.226 e. The van der Waals surface area contributed by atoms with Crippen LogP contribution in [0.15, 0.2) is 34.9 Å². The molecule has 2 aromatic rings. The van der Waals surface area contributed by atoms with Crippen molar-refractivity contribution in [2.45, 2.75) is 20.3 Å². The number of rotatable bonds is 6. The van der Waals surface area contributed by atoms with Gasteiger partial charge in [-0.05, 0) is 36.7 Å². The maximum absolute atomic E-state index is 5.63. The van der Waals surface area contributed by atoms with E-state index in [1.165, 1.54) is 0 Å². The lowest BCUT2D eigenvalue weighted by molar-refractivity contribution is 0.271. The first-order valence-electron chi connectivity index (χ1n) is 6.56. The molecule has 0 aliphatic heterocycles. The summed E-state index contributed by atoms with van der Waals surface area (Å²) in [5.41, 5.74) is 7.32. The van der Waals surface area contributed by atoms with Gasteiger partial charge in [-0.25, -0.2) is 4.98 Å². The zero-order valence-electron chi connectivity index (χ0n) is 11.4. The third-order valence-electron chi connectivity index (χ3n) is 2.64. The molecule has 0 aliphatic carbocycles. The highest BCUT2D eigenvalue weighted by atomic mass is 16.5. The number of aromatic nitrogens is 1. The summed E-state index contributed by atoms with van der Waals surface area (Å²) < 4.78 is 11.1. The van der Waals surface area contributed by atoms with E-state index in [1.54, 1.807) is 6.26 Å². The summed E-state index contributed by atoms with van der Waals surface area (Å²) in [6, 6.07) is 7.77. The quantitative estimate of drug-likeness (QED) is 0.867. The number of ether oxygens (including phenoxy) is 1. The average molecular weight is 260 g/mol. The van der Waals surface area contributed by atoms with Gasteiger partial charge >= 0.3 is 0 Å². The Kier molecular flexibility index (Phi) is 4.58. The van der Waals surface area contributed by atoms with E-state index in [0.29, 0.717) is 18.4 Å². The first-order valence-corrected chi connectivity index (χ1v) is 6.56. The van der Waals surface area contributed by atoms with E-state index in [-0.39, 0.29) is 0 Å². The minimum atomic E-state index is 0.519. The number of oxazole rings is 1. The fourth-order valence-electron chi connectivity index (χ4n) is 1.66. The Labute approximate surface area is 113 Å². The highest BCUT2D eigenvalue weighted by molar-refractivity contribution is 5.54. The van der Waals surface area contributed by atoms with Crippen LogP contribution >= 0.6 is 0 Å². The summed E-state index contributed by atoms with van der Waals surface area (Å²) in [5.74, 6) is 2.01. The second-order valence-electron chi connectivity index (χ2n) is 4.91. The van der Waals surface area contributed by atoms with E-state index >= 15 is 0 Å². The van der Waals surface area contributed by atoms with Crippen LogP contribution in [-0.2, 0) is 6.42 Å². The molecule has 0 spiro atoms. The second kappa shape index (κ2) is 6.38. The lowest BCUT2D eigenvalue weighted by Crippen LogP contribution is -2.04. The monoisotopic (exact) mass is 260 g/mol. The lowest BCUT2D eigenvalue weighted by atomic mass is 10.2. The molecule has 102 valence electrons. The molecule has 0 saturated heterocycles. The molecule has 2 N–H and O–H groups in total. The molecule has 19 heavy (non-hydrogen) atoms. The van der Waals surface area contributed by atoms with Crippen LogP contribution in [0.4, 0.5) is 0 Å². The van der Waals surface area contributed by atoms with Crippen LogP contribution in [0.2, 0.25) is 0 Å². The number of hydrogen-bond donors (Lipinski definition) is 1. The van der Waals surface area contributed by atoms with Crippen LogP contribution < -0.4 is 10.5 Å². The zero-order valence-corrected chi connectivity index (χ0v) is 11.4. The zero-order chi connectivity index (χ0) is 13.7. The fraction of sp³-hybridized carbons (Fsp3) is 0.400. The third kappa shape index (κ3) is 3.83. The highest BCUT2D eigenvalue weighted by Gasteiger charge is 2.06. The van der Waals surface area contributed by atoms with Crippen molar-refractivity contribution in [2.75, 3.05) is 13.2 Å². The minimum absolute atomic E-state index is 0.519. The first-order chi connectivity index (χ1) is 9.19. The molecule has 0 radical (unpaired) electrons. The molecule has 4 heteroatoms. The number of benzene rings is 1. The summed E-state index contributed by atoms with van der Waals surface area (Å²) in [6.07, 6.45) is 2.39. The van der Waals surface area contributed by atoms with Crippen molar-refractivity contribution in [3.63, 3.8) is 0 Å². The van der Waals surface area contributed by atoms with E-state index in [0.717, 1.165) is 30.0 Å². The molecule has 0 fully saturated rings. The third-order valence-corrected chi connectivity index (χ3v) is 2.64. The van der Waals surface area contributed by atoms with Crippen molar-refractivity contribution < 1.29 is 9.15 Å². The topological polar surface area (TPSA) is 61.3 Å². The normalized spacial score (nSPS) is 10.9. The molecule has 1 aromatic carbocycles. The Morgan fingerprint density at radius 1 is 1.26 bits per heavy atom. The van der Waals surface area contributed by atoms with Gasteiger partial charge in [0.25, 0.3) is 0 Å².